The summed E-state index contributed by atoms with van der Waals surface area (Å²) in [4.78, 5) is 28.2. The maximum Gasteiger partial charge on any atom is 0.307 e. The van der Waals surface area contributed by atoms with Crippen molar-refractivity contribution in [3.8, 4) is 11.1 Å². The Labute approximate surface area is 151 Å². The van der Waals surface area contributed by atoms with Crippen LogP contribution in [-0.4, -0.2) is 22.0 Å². The SMILES string of the molecule is O=C(O)[C@@H]1[C@@H](C(=O)NCc2ccc(-c3cccnc3)cc2)[C@H]2C=C[C@H]1C2. The highest BCUT2D eigenvalue weighted by molar-refractivity contribution is 5.86. The van der Waals surface area contributed by atoms with Crippen molar-refractivity contribution in [2.24, 2.45) is 23.7 Å². The first kappa shape index (κ1) is 16.5. The number of carbonyl (C=O) groups excluding carboxylic acids is 1. The molecule has 1 amide bonds. The molecular weight excluding hydrogens is 328 g/mol. The largest absolute Gasteiger partial charge is 0.481 e. The van der Waals surface area contributed by atoms with Gasteiger partial charge in [0.05, 0.1) is 11.8 Å². The fourth-order valence-corrected chi connectivity index (χ4v) is 4.17. The topological polar surface area (TPSA) is 79.3 Å². The summed E-state index contributed by atoms with van der Waals surface area (Å²) in [5.41, 5.74) is 3.09. The van der Waals surface area contributed by atoms with Gasteiger partial charge in [-0.2, -0.15) is 0 Å². The van der Waals surface area contributed by atoms with Gasteiger partial charge in [0, 0.05) is 18.9 Å². The van der Waals surface area contributed by atoms with Crippen molar-refractivity contribution in [3.05, 3.63) is 66.5 Å². The number of hydrogen-bond acceptors (Lipinski definition) is 3. The molecule has 1 heterocycles. The van der Waals surface area contributed by atoms with Gasteiger partial charge in [-0.1, -0.05) is 42.5 Å². The van der Waals surface area contributed by atoms with Crippen LogP contribution in [0.25, 0.3) is 11.1 Å². The molecule has 5 heteroatoms. The van der Waals surface area contributed by atoms with E-state index in [-0.39, 0.29) is 17.7 Å². The number of pyridine rings is 1. The lowest BCUT2D eigenvalue weighted by atomic mass is 9.82. The number of hydrogen-bond donors (Lipinski definition) is 2. The van der Waals surface area contributed by atoms with Gasteiger partial charge >= 0.3 is 5.97 Å². The normalized spacial score (nSPS) is 26.0. The lowest BCUT2D eigenvalue weighted by Crippen LogP contribution is -2.39. The number of carboxylic acid groups (broad SMARTS) is 1. The van der Waals surface area contributed by atoms with Gasteiger partial charge in [0.25, 0.3) is 0 Å². The van der Waals surface area contributed by atoms with E-state index >= 15 is 0 Å². The summed E-state index contributed by atoms with van der Waals surface area (Å²) in [6, 6.07) is 11.8. The Morgan fingerprint density at radius 2 is 1.77 bits per heavy atom. The van der Waals surface area contributed by atoms with Crippen molar-refractivity contribution in [3.63, 3.8) is 0 Å². The summed E-state index contributed by atoms with van der Waals surface area (Å²) in [5, 5.41) is 12.4. The minimum Gasteiger partial charge on any atom is -0.481 e. The number of aliphatic carboxylic acids is 1. The molecule has 2 aliphatic carbocycles. The van der Waals surface area contributed by atoms with E-state index < -0.39 is 17.8 Å². The molecule has 132 valence electrons. The van der Waals surface area contributed by atoms with Crippen LogP contribution in [0.1, 0.15) is 12.0 Å². The Bertz CT molecular complexity index is 845. The number of allylic oxidation sites excluding steroid dienone is 2. The minimum atomic E-state index is -0.872. The molecule has 2 N–H and O–H groups in total. The lowest BCUT2D eigenvalue weighted by Gasteiger charge is -2.23. The zero-order valence-electron chi connectivity index (χ0n) is 14.2. The molecule has 0 spiro atoms. The number of aromatic nitrogens is 1. The van der Waals surface area contributed by atoms with Crippen LogP contribution in [0.5, 0.6) is 0 Å². The molecule has 1 saturated carbocycles. The van der Waals surface area contributed by atoms with E-state index in [0.29, 0.717) is 6.54 Å². The minimum absolute atomic E-state index is 0.00739. The van der Waals surface area contributed by atoms with E-state index in [1.807, 2.05) is 54.7 Å². The second-order valence-electron chi connectivity index (χ2n) is 6.99. The molecule has 0 saturated heterocycles. The first-order valence-electron chi connectivity index (χ1n) is 8.81. The second-order valence-corrected chi connectivity index (χ2v) is 6.99. The first-order chi connectivity index (χ1) is 12.6. The molecule has 1 aromatic carbocycles. The van der Waals surface area contributed by atoms with Gasteiger partial charge in [-0.15, -0.1) is 0 Å². The average Bonchev–Trinajstić information content (AvgIpc) is 3.29. The van der Waals surface area contributed by atoms with Crippen LogP contribution in [0.3, 0.4) is 0 Å². The number of rotatable bonds is 5. The molecule has 2 aliphatic rings. The fraction of sp³-hybridized carbons (Fsp3) is 0.286. The first-order valence-corrected chi connectivity index (χ1v) is 8.81. The summed E-state index contributed by atoms with van der Waals surface area (Å²) in [6.45, 7) is 0.399. The summed E-state index contributed by atoms with van der Waals surface area (Å²) in [6.07, 6.45) is 8.27. The van der Waals surface area contributed by atoms with Crippen LogP contribution >= 0.6 is 0 Å². The molecule has 2 bridgehead atoms. The number of nitrogens with zero attached hydrogens (tertiary/aromatic N) is 1. The third-order valence-electron chi connectivity index (χ3n) is 5.46. The number of carboxylic acids is 1. The van der Waals surface area contributed by atoms with E-state index in [2.05, 4.69) is 10.3 Å². The number of amides is 1. The Balaban J connectivity index is 1.40. The smallest absolute Gasteiger partial charge is 0.307 e. The molecule has 1 aromatic heterocycles. The molecule has 1 fully saturated rings. The van der Waals surface area contributed by atoms with E-state index in [9.17, 15) is 14.7 Å². The van der Waals surface area contributed by atoms with Gasteiger partial charge in [0.15, 0.2) is 0 Å². The van der Waals surface area contributed by atoms with Crippen molar-refractivity contribution < 1.29 is 14.7 Å². The number of fused-ring (bicyclic) bond motifs is 2. The number of carbonyl (C=O) groups is 2. The highest BCUT2D eigenvalue weighted by Gasteiger charge is 2.51. The van der Waals surface area contributed by atoms with E-state index in [1.165, 1.54) is 0 Å². The van der Waals surface area contributed by atoms with Crippen LogP contribution in [0.4, 0.5) is 0 Å². The van der Waals surface area contributed by atoms with Crippen molar-refractivity contribution >= 4 is 11.9 Å². The van der Waals surface area contributed by atoms with Crippen LogP contribution in [0, 0.1) is 23.7 Å². The Morgan fingerprint density at radius 3 is 2.42 bits per heavy atom. The molecule has 2 aromatic rings. The van der Waals surface area contributed by atoms with Gasteiger partial charge in [0.1, 0.15) is 0 Å². The molecule has 4 rings (SSSR count). The van der Waals surface area contributed by atoms with Crippen molar-refractivity contribution in [1.82, 2.24) is 10.3 Å². The Kier molecular flexibility index (Phi) is 4.29. The number of benzene rings is 1. The predicted molar refractivity (Wildman–Crippen MR) is 96.9 cm³/mol. The second kappa shape index (κ2) is 6.75. The summed E-state index contributed by atoms with van der Waals surface area (Å²) >= 11 is 0. The molecule has 0 unspecified atom stereocenters. The van der Waals surface area contributed by atoms with E-state index in [0.717, 1.165) is 23.1 Å². The van der Waals surface area contributed by atoms with Crippen LogP contribution in [0.2, 0.25) is 0 Å². The van der Waals surface area contributed by atoms with Crippen molar-refractivity contribution in [2.45, 2.75) is 13.0 Å². The third kappa shape index (κ3) is 3.01. The average molecular weight is 348 g/mol. The Morgan fingerprint density at radius 1 is 1.04 bits per heavy atom. The third-order valence-corrected chi connectivity index (χ3v) is 5.46. The van der Waals surface area contributed by atoms with Crippen molar-refractivity contribution in [2.75, 3.05) is 0 Å². The molecular formula is C21H20N2O3. The molecule has 26 heavy (non-hydrogen) atoms. The quantitative estimate of drug-likeness (QED) is 0.815. The predicted octanol–water partition coefficient (Wildman–Crippen LogP) is 2.89. The van der Waals surface area contributed by atoms with Crippen LogP contribution < -0.4 is 5.32 Å². The fourth-order valence-electron chi connectivity index (χ4n) is 4.17. The molecule has 5 nitrogen and oxygen atoms in total. The lowest BCUT2D eigenvalue weighted by molar-refractivity contribution is -0.147. The van der Waals surface area contributed by atoms with Crippen LogP contribution in [0.15, 0.2) is 60.9 Å². The standard InChI is InChI=1S/C21H20N2O3/c24-20(18-15-7-8-16(10-15)19(18)21(25)26)23-11-13-3-5-14(6-4-13)17-2-1-9-22-12-17/h1-9,12,15-16,18-19H,10-11H2,(H,23,24)(H,25,26)/t15-,16-,18-,19-/m0/s1. The zero-order chi connectivity index (χ0) is 18.1. The maximum atomic E-state index is 12.6. The summed E-state index contributed by atoms with van der Waals surface area (Å²) in [5.74, 6) is -2.05. The van der Waals surface area contributed by atoms with Gasteiger partial charge in [-0.25, -0.2) is 0 Å². The molecule has 4 atom stereocenters. The molecule has 0 radical (unpaired) electrons. The number of nitrogens with one attached hydrogen (secondary N) is 1. The van der Waals surface area contributed by atoms with Gasteiger partial charge < -0.3 is 10.4 Å². The zero-order valence-corrected chi connectivity index (χ0v) is 14.2. The summed E-state index contributed by atoms with van der Waals surface area (Å²) < 4.78 is 0. The molecule has 0 aliphatic heterocycles. The van der Waals surface area contributed by atoms with Gasteiger partial charge in [-0.05, 0) is 41.0 Å². The maximum absolute atomic E-state index is 12.6. The monoisotopic (exact) mass is 348 g/mol. The van der Waals surface area contributed by atoms with Gasteiger partial charge in [0.2, 0.25) is 5.91 Å². The Hall–Kier alpha value is -2.95. The highest BCUT2D eigenvalue weighted by atomic mass is 16.4. The van der Waals surface area contributed by atoms with E-state index in [4.69, 9.17) is 0 Å². The summed E-state index contributed by atoms with van der Waals surface area (Å²) in [7, 11) is 0. The van der Waals surface area contributed by atoms with Crippen LogP contribution in [-0.2, 0) is 16.1 Å². The van der Waals surface area contributed by atoms with Crippen molar-refractivity contribution in [1.29, 1.82) is 0 Å². The van der Waals surface area contributed by atoms with E-state index in [1.54, 1.807) is 6.20 Å². The highest BCUT2D eigenvalue weighted by Crippen LogP contribution is 2.48. The van der Waals surface area contributed by atoms with Gasteiger partial charge in [-0.3, -0.25) is 14.6 Å².